The quantitative estimate of drug-likeness (QED) is 0.873. The summed E-state index contributed by atoms with van der Waals surface area (Å²) < 4.78 is 24.5. The van der Waals surface area contributed by atoms with Gasteiger partial charge in [-0.25, -0.2) is 8.42 Å². The van der Waals surface area contributed by atoms with Crippen LogP contribution in [0.3, 0.4) is 0 Å². The van der Waals surface area contributed by atoms with Crippen molar-refractivity contribution in [1.29, 1.82) is 0 Å². The summed E-state index contributed by atoms with van der Waals surface area (Å²) in [4.78, 5) is 4.44. The number of hydrogen-bond acceptors (Lipinski definition) is 3. The van der Waals surface area contributed by atoms with Crippen LogP contribution in [0, 0.1) is 13.8 Å². The summed E-state index contributed by atoms with van der Waals surface area (Å²) in [6.45, 7) is 3.90. The molecule has 0 bridgehead atoms. The highest BCUT2D eigenvalue weighted by Gasteiger charge is 2.13. The van der Waals surface area contributed by atoms with Crippen LogP contribution in [0.4, 0.5) is 5.69 Å². The second-order valence-electron chi connectivity index (χ2n) is 4.87. The molecule has 0 saturated carbocycles. The van der Waals surface area contributed by atoms with E-state index in [-0.39, 0.29) is 0 Å². The predicted octanol–water partition coefficient (Wildman–Crippen LogP) is 2.76. The topological polar surface area (TPSA) is 50.3 Å². The summed E-state index contributed by atoms with van der Waals surface area (Å²) in [6.07, 6.45) is 1.19. The Morgan fingerprint density at radius 2 is 1.80 bits per heavy atom. The SMILES string of the molecule is Cc1ccc(-c2cccc(N(C)S(C)(=O)=O)c2)c(C)n1. The molecule has 0 spiro atoms. The second-order valence-corrected chi connectivity index (χ2v) is 6.88. The Morgan fingerprint density at radius 1 is 1.10 bits per heavy atom. The van der Waals surface area contributed by atoms with Crippen LogP contribution in [0.25, 0.3) is 11.1 Å². The Hall–Kier alpha value is -1.88. The summed E-state index contributed by atoms with van der Waals surface area (Å²) >= 11 is 0. The normalized spacial score (nSPS) is 11.4. The largest absolute Gasteiger partial charge is 0.274 e. The molecule has 0 amide bonds. The smallest absolute Gasteiger partial charge is 0.231 e. The molecule has 0 unspecified atom stereocenters. The van der Waals surface area contributed by atoms with Crippen molar-refractivity contribution in [2.75, 3.05) is 17.6 Å². The number of aromatic nitrogens is 1. The average Bonchev–Trinajstić information content (AvgIpc) is 2.37. The fraction of sp³-hybridized carbons (Fsp3) is 0.267. The van der Waals surface area contributed by atoms with Gasteiger partial charge in [0, 0.05) is 24.0 Å². The number of rotatable bonds is 3. The Bertz CT molecular complexity index is 739. The molecule has 0 N–H and O–H groups in total. The fourth-order valence-electron chi connectivity index (χ4n) is 2.05. The minimum absolute atomic E-state index is 0.643. The van der Waals surface area contributed by atoms with Gasteiger partial charge in [-0.3, -0.25) is 9.29 Å². The zero-order valence-electron chi connectivity index (χ0n) is 12.1. The van der Waals surface area contributed by atoms with E-state index in [1.165, 1.54) is 10.6 Å². The maximum absolute atomic E-state index is 11.6. The zero-order valence-corrected chi connectivity index (χ0v) is 12.9. The van der Waals surface area contributed by atoms with Crippen molar-refractivity contribution < 1.29 is 8.42 Å². The highest BCUT2D eigenvalue weighted by molar-refractivity contribution is 7.92. The van der Waals surface area contributed by atoms with Gasteiger partial charge in [-0.2, -0.15) is 0 Å². The van der Waals surface area contributed by atoms with Gasteiger partial charge in [0.1, 0.15) is 0 Å². The van der Waals surface area contributed by atoms with Gasteiger partial charge in [0.15, 0.2) is 0 Å². The standard InChI is InChI=1S/C15H18N2O2S/c1-11-8-9-15(12(2)16-11)13-6-5-7-14(10-13)17(3)20(4,18)19/h5-10H,1-4H3. The highest BCUT2D eigenvalue weighted by Crippen LogP contribution is 2.27. The Morgan fingerprint density at radius 3 is 2.40 bits per heavy atom. The fourth-order valence-corrected chi connectivity index (χ4v) is 2.55. The third-order valence-corrected chi connectivity index (χ3v) is 4.45. The number of aryl methyl sites for hydroxylation is 2. The van der Waals surface area contributed by atoms with Crippen molar-refractivity contribution in [3.05, 3.63) is 47.8 Å². The number of anilines is 1. The summed E-state index contributed by atoms with van der Waals surface area (Å²) in [7, 11) is -1.70. The van der Waals surface area contributed by atoms with Crippen molar-refractivity contribution in [3.63, 3.8) is 0 Å². The van der Waals surface area contributed by atoms with Crippen molar-refractivity contribution >= 4 is 15.7 Å². The van der Waals surface area contributed by atoms with E-state index in [0.29, 0.717) is 5.69 Å². The van der Waals surface area contributed by atoms with E-state index in [4.69, 9.17) is 0 Å². The lowest BCUT2D eigenvalue weighted by Crippen LogP contribution is -2.24. The molecule has 5 heteroatoms. The van der Waals surface area contributed by atoms with Gasteiger partial charge in [-0.15, -0.1) is 0 Å². The van der Waals surface area contributed by atoms with E-state index in [2.05, 4.69) is 4.98 Å². The lowest BCUT2D eigenvalue weighted by Gasteiger charge is -2.17. The van der Waals surface area contributed by atoms with Gasteiger partial charge in [0.25, 0.3) is 0 Å². The number of nitrogens with zero attached hydrogens (tertiary/aromatic N) is 2. The molecule has 2 aromatic rings. The second kappa shape index (κ2) is 5.25. The first-order valence-corrected chi connectivity index (χ1v) is 8.12. The summed E-state index contributed by atoms with van der Waals surface area (Å²) in [5.41, 5.74) is 4.52. The van der Waals surface area contributed by atoms with Crippen molar-refractivity contribution in [2.45, 2.75) is 13.8 Å². The third kappa shape index (κ3) is 2.99. The minimum atomic E-state index is -3.25. The van der Waals surface area contributed by atoms with Crippen molar-refractivity contribution in [3.8, 4) is 11.1 Å². The molecule has 106 valence electrons. The van der Waals surface area contributed by atoms with Crippen LogP contribution in [0.5, 0.6) is 0 Å². The third-order valence-electron chi connectivity index (χ3n) is 3.24. The van der Waals surface area contributed by atoms with E-state index < -0.39 is 10.0 Å². The van der Waals surface area contributed by atoms with Crippen LogP contribution in [0.15, 0.2) is 36.4 Å². The van der Waals surface area contributed by atoms with E-state index in [0.717, 1.165) is 22.5 Å². The molecule has 4 nitrogen and oxygen atoms in total. The van der Waals surface area contributed by atoms with Gasteiger partial charge in [-0.1, -0.05) is 18.2 Å². The monoisotopic (exact) mass is 290 g/mol. The number of pyridine rings is 1. The first kappa shape index (κ1) is 14.5. The molecule has 0 aliphatic heterocycles. The van der Waals surface area contributed by atoms with Crippen LogP contribution in [0.2, 0.25) is 0 Å². The molecule has 1 heterocycles. The highest BCUT2D eigenvalue weighted by atomic mass is 32.2. The molecule has 1 aromatic heterocycles. The minimum Gasteiger partial charge on any atom is -0.274 e. The predicted molar refractivity (Wildman–Crippen MR) is 82.4 cm³/mol. The summed E-state index contributed by atoms with van der Waals surface area (Å²) in [5.74, 6) is 0. The van der Waals surface area contributed by atoms with E-state index in [1.807, 2.05) is 44.2 Å². The Kier molecular flexibility index (Phi) is 3.81. The molecule has 0 fully saturated rings. The van der Waals surface area contributed by atoms with Crippen molar-refractivity contribution in [1.82, 2.24) is 4.98 Å². The van der Waals surface area contributed by atoms with Crippen LogP contribution in [-0.4, -0.2) is 26.7 Å². The molecule has 0 radical (unpaired) electrons. The summed E-state index contributed by atoms with van der Waals surface area (Å²) in [5, 5.41) is 0. The maximum atomic E-state index is 11.6. The average molecular weight is 290 g/mol. The maximum Gasteiger partial charge on any atom is 0.231 e. The molecular weight excluding hydrogens is 272 g/mol. The summed E-state index contributed by atoms with van der Waals surface area (Å²) in [6, 6.07) is 11.4. The van der Waals surface area contributed by atoms with Crippen LogP contribution in [0.1, 0.15) is 11.4 Å². The molecule has 0 atom stereocenters. The van der Waals surface area contributed by atoms with Crippen LogP contribution >= 0.6 is 0 Å². The van der Waals surface area contributed by atoms with Gasteiger partial charge in [0.05, 0.1) is 11.9 Å². The van der Waals surface area contributed by atoms with Gasteiger partial charge >= 0.3 is 0 Å². The Labute approximate surface area is 120 Å². The number of benzene rings is 1. The molecular formula is C15H18N2O2S. The van der Waals surface area contributed by atoms with Gasteiger partial charge in [-0.05, 0) is 37.6 Å². The first-order chi connectivity index (χ1) is 9.29. The van der Waals surface area contributed by atoms with E-state index in [9.17, 15) is 8.42 Å². The van der Waals surface area contributed by atoms with Gasteiger partial charge < -0.3 is 0 Å². The van der Waals surface area contributed by atoms with E-state index >= 15 is 0 Å². The first-order valence-electron chi connectivity index (χ1n) is 6.27. The molecule has 1 aromatic carbocycles. The van der Waals surface area contributed by atoms with E-state index in [1.54, 1.807) is 13.1 Å². The molecule has 0 aliphatic carbocycles. The van der Waals surface area contributed by atoms with Crippen LogP contribution in [-0.2, 0) is 10.0 Å². The Balaban J connectivity index is 2.50. The van der Waals surface area contributed by atoms with Crippen molar-refractivity contribution in [2.24, 2.45) is 0 Å². The van der Waals surface area contributed by atoms with Gasteiger partial charge in [0.2, 0.25) is 10.0 Å². The number of hydrogen-bond donors (Lipinski definition) is 0. The lowest BCUT2D eigenvalue weighted by molar-refractivity contribution is 0.600. The van der Waals surface area contributed by atoms with Crippen LogP contribution < -0.4 is 4.31 Å². The molecule has 0 saturated heterocycles. The zero-order chi connectivity index (χ0) is 14.9. The number of sulfonamides is 1. The molecule has 20 heavy (non-hydrogen) atoms. The lowest BCUT2D eigenvalue weighted by atomic mass is 10.0. The molecule has 2 rings (SSSR count). The molecule has 0 aliphatic rings.